The fourth-order valence-electron chi connectivity index (χ4n) is 2.46. The van der Waals surface area contributed by atoms with Crippen molar-refractivity contribution in [1.29, 1.82) is 0 Å². The van der Waals surface area contributed by atoms with Crippen molar-refractivity contribution in [1.82, 2.24) is 25.1 Å². The highest BCUT2D eigenvalue weighted by Gasteiger charge is 2.27. The smallest absolute Gasteiger partial charge is 0.321 e. The van der Waals surface area contributed by atoms with Gasteiger partial charge in [0.15, 0.2) is 0 Å². The standard InChI is InChI=1S/C17H18N6OS/c24-16(20-17-22-21-15(25-17)14-5-6-14)19-9-12-1-3-13(4-2-12)10-23-8-7-18-11-23/h1-4,7-8,11,14H,5-6,9-10H2,(H2,19,20,22,24). The van der Waals surface area contributed by atoms with Crippen LogP contribution in [0.4, 0.5) is 9.93 Å². The van der Waals surface area contributed by atoms with Gasteiger partial charge in [0.05, 0.1) is 6.33 Å². The van der Waals surface area contributed by atoms with E-state index in [4.69, 9.17) is 0 Å². The summed E-state index contributed by atoms with van der Waals surface area (Å²) < 4.78 is 2.01. The third-order valence-electron chi connectivity index (χ3n) is 3.99. The van der Waals surface area contributed by atoms with Gasteiger partial charge < -0.3 is 9.88 Å². The maximum absolute atomic E-state index is 12.0. The summed E-state index contributed by atoms with van der Waals surface area (Å²) in [5, 5.41) is 15.3. The van der Waals surface area contributed by atoms with Crippen molar-refractivity contribution >= 4 is 22.5 Å². The number of anilines is 1. The number of rotatable bonds is 6. The molecular weight excluding hydrogens is 336 g/mol. The third-order valence-corrected chi connectivity index (χ3v) is 4.99. The Morgan fingerprint density at radius 2 is 2.00 bits per heavy atom. The molecular formula is C17H18N6OS. The van der Waals surface area contributed by atoms with Gasteiger partial charge in [-0.2, -0.15) is 0 Å². The Balaban J connectivity index is 1.26. The molecule has 2 heterocycles. The van der Waals surface area contributed by atoms with Crippen LogP contribution in [0, 0.1) is 0 Å². The zero-order chi connectivity index (χ0) is 17.1. The van der Waals surface area contributed by atoms with E-state index in [1.165, 1.54) is 29.7 Å². The number of hydrogen-bond acceptors (Lipinski definition) is 5. The molecule has 0 unspecified atom stereocenters. The minimum Gasteiger partial charge on any atom is -0.334 e. The van der Waals surface area contributed by atoms with E-state index in [0.717, 1.165) is 17.1 Å². The van der Waals surface area contributed by atoms with E-state index in [-0.39, 0.29) is 6.03 Å². The summed E-state index contributed by atoms with van der Waals surface area (Å²) in [6.45, 7) is 1.25. The van der Waals surface area contributed by atoms with E-state index in [0.29, 0.717) is 17.6 Å². The van der Waals surface area contributed by atoms with E-state index < -0.39 is 0 Å². The van der Waals surface area contributed by atoms with Crippen LogP contribution in [0.2, 0.25) is 0 Å². The molecule has 0 aliphatic heterocycles. The Morgan fingerprint density at radius 1 is 1.20 bits per heavy atom. The van der Waals surface area contributed by atoms with Gasteiger partial charge in [-0.3, -0.25) is 5.32 Å². The Bertz CT molecular complexity index is 838. The first-order valence-corrected chi connectivity index (χ1v) is 9.00. The van der Waals surface area contributed by atoms with Gasteiger partial charge in [0.25, 0.3) is 0 Å². The van der Waals surface area contributed by atoms with Gasteiger partial charge >= 0.3 is 6.03 Å². The largest absolute Gasteiger partial charge is 0.334 e. The molecule has 7 nitrogen and oxygen atoms in total. The van der Waals surface area contributed by atoms with Crippen LogP contribution in [0.3, 0.4) is 0 Å². The van der Waals surface area contributed by atoms with Crippen LogP contribution in [-0.4, -0.2) is 25.8 Å². The molecule has 0 radical (unpaired) electrons. The maximum Gasteiger partial charge on any atom is 0.321 e. The lowest BCUT2D eigenvalue weighted by Gasteiger charge is -2.07. The van der Waals surface area contributed by atoms with Gasteiger partial charge in [-0.1, -0.05) is 35.6 Å². The van der Waals surface area contributed by atoms with Crippen LogP contribution >= 0.6 is 11.3 Å². The summed E-state index contributed by atoms with van der Waals surface area (Å²) in [5.74, 6) is 0.553. The summed E-state index contributed by atoms with van der Waals surface area (Å²) in [6.07, 6.45) is 7.85. The molecule has 128 valence electrons. The molecule has 0 saturated heterocycles. The second-order valence-electron chi connectivity index (χ2n) is 6.08. The number of carbonyl (C=O) groups excluding carboxylic acids is 1. The quantitative estimate of drug-likeness (QED) is 0.713. The van der Waals surface area contributed by atoms with Gasteiger partial charge in [0, 0.05) is 31.4 Å². The van der Waals surface area contributed by atoms with Crippen molar-refractivity contribution in [3.05, 3.63) is 59.1 Å². The number of amides is 2. The summed E-state index contributed by atoms with van der Waals surface area (Å²) >= 11 is 1.46. The second-order valence-corrected chi connectivity index (χ2v) is 7.09. The van der Waals surface area contributed by atoms with Gasteiger partial charge in [-0.05, 0) is 24.0 Å². The van der Waals surface area contributed by atoms with Gasteiger partial charge in [0.2, 0.25) is 5.13 Å². The maximum atomic E-state index is 12.0. The van der Waals surface area contributed by atoms with Crippen molar-refractivity contribution in [3.63, 3.8) is 0 Å². The highest BCUT2D eigenvalue weighted by Crippen LogP contribution is 2.41. The first kappa shape index (κ1) is 15.8. The molecule has 2 aromatic heterocycles. The lowest BCUT2D eigenvalue weighted by Crippen LogP contribution is -2.28. The molecule has 1 fully saturated rings. The summed E-state index contributed by atoms with van der Waals surface area (Å²) in [7, 11) is 0. The lowest BCUT2D eigenvalue weighted by molar-refractivity contribution is 0.251. The molecule has 4 rings (SSSR count). The number of carbonyl (C=O) groups is 1. The minimum absolute atomic E-state index is 0.263. The molecule has 1 aliphatic carbocycles. The fraction of sp³-hybridized carbons (Fsp3) is 0.294. The Hall–Kier alpha value is -2.74. The molecule has 1 aliphatic rings. The summed E-state index contributed by atoms with van der Waals surface area (Å²) in [4.78, 5) is 16.0. The van der Waals surface area contributed by atoms with E-state index in [2.05, 4.69) is 37.9 Å². The normalized spacial score (nSPS) is 13.6. The SMILES string of the molecule is O=C(NCc1ccc(Cn2ccnc2)cc1)Nc1nnc(C2CC2)s1. The monoisotopic (exact) mass is 354 g/mol. The zero-order valence-electron chi connectivity index (χ0n) is 13.6. The molecule has 25 heavy (non-hydrogen) atoms. The number of benzene rings is 1. The number of imidazole rings is 1. The molecule has 0 atom stereocenters. The molecule has 8 heteroatoms. The van der Waals surface area contributed by atoms with Crippen LogP contribution < -0.4 is 10.6 Å². The number of nitrogens with zero attached hydrogens (tertiary/aromatic N) is 4. The van der Waals surface area contributed by atoms with Crippen LogP contribution in [-0.2, 0) is 13.1 Å². The number of nitrogens with one attached hydrogen (secondary N) is 2. The minimum atomic E-state index is -0.263. The first-order chi connectivity index (χ1) is 12.3. The molecule has 2 amide bonds. The van der Waals surface area contributed by atoms with Crippen LogP contribution in [0.5, 0.6) is 0 Å². The van der Waals surface area contributed by atoms with Crippen LogP contribution in [0.25, 0.3) is 0 Å². The Morgan fingerprint density at radius 3 is 2.72 bits per heavy atom. The summed E-state index contributed by atoms with van der Waals surface area (Å²) in [6, 6.07) is 7.88. The Kier molecular flexibility index (Phi) is 4.43. The van der Waals surface area contributed by atoms with Gasteiger partial charge in [0.1, 0.15) is 5.01 Å². The highest BCUT2D eigenvalue weighted by molar-refractivity contribution is 7.15. The van der Waals surface area contributed by atoms with Crippen molar-refractivity contribution in [2.75, 3.05) is 5.32 Å². The molecule has 2 N–H and O–H groups in total. The summed E-state index contributed by atoms with van der Waals surface area (Å²) in [5.41, 5.74) is 2.23. The highest BCUT2D eigenvalue weighted by atomic mass is 32.1. The number of hydrogen-bond donors (Lipinski definition) is 2. The predicted molar refractivity (Wildman–Crippen MR) is 95.5 cm³/mol. The molecule has 1 aromatic carbocycles. The van der Waals surface area contributed by atoms with Crippen molar-refractivity contribution in [2.45, 2.75) is 31.8 Å². The molecule has 0 bridgehead atoms. The van der Waals surface area contributed by atoms with Crippen molar-refractivity contribution in [3.8, 4) is 0 Å². The average Bonchev–Trinajstić information content (AvgIpc) is 3.15. The number of urea groups is 1. The van der Waals surface area contributed by atoms with E-state index >= 15 is 0 Å². The fourth-order valence-corrected chi connectivity index (χ4v) is 3.37. The van der Waals surface area contributed by atoms with Crippen molar-refractivity contribution < 1.29 is 4.79 Å². The van der Waals surface area contributed by atoms with Crippen molar-refractivity contribution in [2.24, 2.45) is 0 Å². The predicted octanol–water partition coefficient (Wildman–Crippen LogP) is 2.98. The average molecular weight is 354 g/mol. The van der Waals surface area contributed by atoms with Crippen LogP contribution in [0.1, 0.15) is 34.9 Å². The topological polar surface area (TPSA) is 84.7 Å². The lowest BCUT2D eigenvalue weighted by atomic mass is 10.1. The third kappa shape index (κ3) is 4.21. The zero-order valence-corrected chi connectivity index (χ0v) is 14.4. The Labute approximate surface area is 149 Å². The molecule has 1 saturated carbocycles. The van der Waals surface area contributed by atoms with E-state index in [1.54, 1.807) is 12.5 Å². The van der Waals surface area contributed by atoms with Crippen LogP contribution in [0.15, 0.2) is 43.0 Å². The van der Waals surface area contributed by atoms with Gasteiger partial charge in [-0.25, -0.2) is 9.78 Å². The first-order valence-electron chi connectivity index (χ1n) is 8.18. The number of aromatic nitrogens is 4. The van der Waals surface area contributed by atoms with Gasteiger partial charge in [-0.15, -0.1) is 10.2 Å². The van der Waals surface area contributed by atoms with E-state index in [1.807, 2.05) is 22.9 Å². The second kappa shape index (κ2) is 7.02. The molecule has 0 spiro atoms. The molecule has 3 aromatic rings. The van der Waals surface area contributed by atoms with E-state index in [9.17, 15) is 4.79 Å².